The van der Waals surface area contributed by atoms with Gasteiger partial charge in [0.15, 0.2) is 17.3 Å². The third-order valence-electron chi connectivity index (χ3n) is 4.35. The molecule has 2 N–H and O–H groups in total. The Balaban J connectivity index is 1.47. The number of ether oxygens (including phenoxy) is 2. The second-order valence-corrected chi connectivity index (χ2v) is 6.35. The smallest absolute Gasteiger partial charge is 0.165 e. The first-order valence-electron chi connectivity index (χ1n) is 7.26. The van der Waals surface area contributed by atoms with Crippen LogP contribution in [0.15, 0.2) is 12.7 Å². The zero-order valence-corrected chi connectivity index (χ0v) is 12.2. The van der Waals surface area contributed by atoms with Crippen molar-refractivity contribution in [3.8, 4) is 0 Å². The van der Waals surface area contributed by atoms with Crippen molar-refractivity contribution in [2.45, 2.75) is 38.7 Å². The first-order chi connectivity index (χ1) is 10.0. The molecular formula is C14H19N5O2. The maximum absolute atomic E-state index is 5.94. The molecule has 0 amide bonds. The molecule has 2 aromatic heterocycles. The van der Waals surface area contributed by atoms with Crippen LogP contribution in [0.4, 0.5) is 5.82 Å². The van der Waals surface area contributed by atoms with E-state index in [4.69, 9.17) is 15.2 Å². The lowest BCUT2D eigenvalue weighted by Gasteiger charge is -2.17. The maximum Gasteiger partial charge on any atom is 0.165 e. The summed E-state index contributed by atoms with van der Waals surface area (Å²) in [7, 11) is 0. The lowest BCUT2D eigenvalue weighted by atomic mass is 10.2. The molecule has 0 unspecified atom stereocenters. The van der Waals surface area contributed by atoms with E-state index >= 15 is 0 Å². The van der Waals surface area contributed by atoms with E-state index in [1.54, 1.807) is 6.33 Å². The minimum atomic E-state index is -0.443. The fraction of sp³-hybridized carbons (Fsp3) is 0.643. The number of aromatic nitrogens is 4. The number of nitrogens with two attached hydrogens (primary N) is 1. The van der Waals surface area contributed by atoms with Crippen molar-refractivity contribution in [1.29, 1.82) is 0 Å². The van der Waals surface area contributed by atoms with Gasteiger partial charge in [-0.3, -0.25) is 0 Å². The molecular weight excluding hydrogens is 270 g/mol. The number of nitrogens with zero attached hydrogens (tertiary/aromatic N) is 4. The molecule has 3 atom stereocenters. The number of hydrogen-bond acceptors (Lipinski definition) is 6. The van der Waals surface area contributed by atoms with Crippen molar-refractivity contribution in [2.24, 2.45) is 11.8 Å². The van der Waals surface area contributed by atoms with Gasteiger partial charge in [-0.2, -0.15) is 0 Å². The SMILES string of the molecule is CC1(C)OC[C@H]([C@@H]2C[C@@H]2Cn2cnc3c(N)ncnc32)O1. The Hall–Kier alpha value is -1.73. The third kappa shape index (κ3) is 2.26. The van der Waals surface area contributed by atoms with Gasteiger partial charge in [-0.1, -0.05) is 0 Å². The monoisotopic (exact) mass is 289 g/mol. The van der Waals surface area contributed by atoms with Gasteiger partial charge in [0.2, 0.25) is 0 Å². The number of nitrogen functional groups attached to an aromatic ring is 1. The molecule has 3 heterocycles. The van der Waals surface area contributed by atoms with E-state index in [2.05, 4.69) is 19.5 Å². The lowest BCUT2D eigenvalue weighted by Crippen LogP contribution is -2.22. The van der Waals surface area contributed by atoms with Crippen LogP contribution in [-0.4, -0.2) is 38.0 Å². The summed E-state index contributed by atoms with van der Waals surface area (Å²) in [6, 6.07) is 0. The highest BCUT2D eigenvalue weighted by Gasteiger charge is 2.48. The van der Waals surface area contributed by atoms with Gasteiger partial charge in [-0.25, -0.2) is 15.0 Å². The number of anilines is 1. The average molecular weight is 289 g/mol. The van der Waals surface area contributed by atoms with E-state index in [9.17, 15) is 0 Å². The molecule has 0 aromatic carbocycles. The van der Waals surface area contributed by atoms with Crippen LogP contribution in [-0.2, 0) is 16.0 Å². The van der Waals surface area contributed by atoms with Gasteiger partial charge in [0.1, 0.15) is 11.8 Å². The molecule has 7 heteroatoms. The molecule has 0 spiro atoms. The van der Waals surface area contributed by atoms with Gasteiger partial charge in [0.25, 0.3) is 0 Å². The second-order valence-electron chi connectivity index (χ2n) is 6.35. The number of fused-ring (bicyclic) bond motifs is 1. The van der Waals surface area contributed by atoms with Crippen molar-refractivity contribution in [1.82, 2.24) is 19.5 Å². The minimum absolute atomic E-state index is 0.208. The van der Waals surface area contributed by atoms with Gasteiger partial charge < -0.3 is 19.8 Å². The van der Waals surface area contributed by atoms with Crippen LogP contribution in [0.5, 0.6) is 0 Å². The Bertz CT molecular complexity index is 683. The van der Waals surface area contributed by atoms with Crippen LogP contribution in [0.3, 0.4) is 0 Å². The summed E-state index contributed by atoms with van der Waals surface area (Å²) < 4.78 is 13.6. The molecule has 0 bridgehead atoms. The summed E-state index contributed by atoms with van der Waals surface area (Å²) in [6.45, 7) is 5.51. The van der Waals surface area contributed by atoms with Crippen LogP contribution >= 0.6 is 0 Å². The lowest BCUT2D eigenvalue weighted by molar-refractivity contribution is -0.141. The molecule has 0 radical (unpaired) electrons. The van der Waals surface area contributed by atoms with E-state index in [0.29, 0.717) is 29.8 Å². The zero-order chi connectivity index (χ0) is 14.6. The molecule has 2 fully saturated rings. The van der Waals surface area contributed by atoms with E-state index in [0.717, 1.165) is 18.6 Å². The molecule has 2 aromatic rings. The molecule has 2 aliphatic rings. The molecule has 1 aliphatic carbocycles. The van der Waals surface area contributed by atoms with Crippen LogP contribution in [0.25, 0.3) is 11.2 Å². The second kappa shape index (κ2) is 4.38. The van der Waals surface area contributed by atoms with E-state index < -0.39 is 5.79 Å². The summed E-state index contributed by atoms with van der Waals surface area (Å²) >= 11 is 0. The van der Waals surface area contributed by atoms with Crippen molar-refractivity contribution < 1.29 is 9.47 Å². The summed E-state index contributed by atoms with van der Waals surface area (Å²) in [5.74, 6) is 1.13. The van der Waals surface area contributed by atoms with Crippen LogP contribution < -0.4 is 5.73 Å². The van der Waals surface area contributed by atoms with Gasteiger partial charge in [-0.15, -0.1) is 0 Å². The maximum atomic E-state index is 5.94. The number of rotatable bonds is 3. The first kappa shape index (κ1) is 13.0. The quantitative estimate of drug-likeness (QED) is 0.913. The summed E-state index contributed by atoms with van der Waals surface area (Å²) in [5.41, 5.74) is 7.29. The van der Waals surface area contributed by atoms with Crippen LogP contribution in [0.1, 0.15) is 20.3 Å². The highest BCUT2D eigenvalue weighted by atomic mass is 16.7. The predicted molar refractivity (Wildman–Crippen MR) is 76.2 cm³/mol. The number of imidazole rings is 1. The van der Waals surface area contributed by atoms with Crippen molar-refractivity contribution in [3.05, 3.63) is 12.7 Å². The van der Waals surface area contributed by atoms with Gasteiger partial charge >= 0.3 is 0 Å². The molecule has 1 saturated heterocycles. The standard InChI is InChI=1S/C14H19N5O2/c1-14(2)20-5-10(21-14)9-3-8(9)4-19-7-18-11-12(15)16-6-17-13(11)19/h6-10H,3-5H2,1-2H3,(H2,15,16,17)/t8-,9-,10-/m1/s1. The van der Waals surface area contributed by atoms with E-state index in [-0.39, 0.29) is 6.10 Å². The molecule has 4 rings (SSSR count). The summed E-state index contributed by atoms with van der Waals surface area (Å²) in [4.78, 5) is 12.5. The van der Waals surface area contributed by atoms with Crippen molar-refractivity contribution in [3.63, 3.8) is 0 Å². The molecule has 21 heavy (non-hydrogen) atoms. The van der Waals surface area contributed by atoms with E-state index in [1.165, 1.54) is 6.33 Å². The number of hydrogen-bond donors (Lipinski definition) is 1. The minimum Gasteiger partial charge on any atom is -0.382 e. The Morgan fingerprint density at radius 2 is 2.24 bits per heavy atom. The largest absolute Gasteiger partial charge is 0.382 e. The fourth-order valence-corrected chi connectivity index (χ4v) is 3.15. The van der Waals surface area contributed by atoms with Crippen LogP contribution in [0.2, 0.25) is 0 Å². The third-order valence-corrected chi connectivity index (χ3v) is 4.35. The predicted octanol–water partition coefficient (Wildman–Crippen LogP) is 1.20. The van der Waals surface area contributed by atoms with Crippen molar-refractivity contribution in [2.75, 3.05) is 12.3 Å². The zero-order valence-electron chi connectivity index (χ0n) is 12.2. The fourth-order valence-electron chi connectivity index (χ4n) is 3.15. The summed E-state index contributed by atoms with van der Waals surface area (Å²) in [5, 5.41) is 0. The highest BCUT2D eigenvalue weighted by Crippen LogP contribution is 2.47. The first-order valence-corrected chi connectivity index (χ1v) is 7.26. The molecule has 112 valence electrons. The van der Waals surface area contributed by atoms with Gasteiger partial charge in [0.05, 0.1) is 19.0 Å². The van der Waals surface area contributed by atoms with Gasteiger partial charge in [-0.05, 0) is 32.1 Å². The Kier molecular flexibility index (Phi) is 2.71. The normalized spacial score (nSPS) is 30.9. The molecule has 1 aliphatic heterocycles. The van der Waals surface area contributed by atoms with Crippen molar-refractivity contribution >= 4 is 17.0 Å². The average Bonchev–Trinajstić information content (AvgIpc) is 2.91. The van der Waals surface area contributed by atoms with Crippen LogP contribution in [0, 0.1) is 11.8 Å². The van der Waals surface area contributed by atoms with E-state index in [1.807, 2.05) is 13.8 Å². The highest BCUT2D eigenvalue weighted by molar-refractivity contribution is 5.81. The Labute approximate surface area is 122 Å². The Morgan fingerprint density at radius 3 is 3.00 bits per heavy atom. The van der Waals surface area contributed by atoms with Gasteiger partial charge in [0, 0.05) is 6.54 Å². The summed E-state index contributed by atoms with van der Waals surface area (Å²) in [6.07, 6.45) is 4.64. The Morgan fingerprint density at radius 1 is 1.38 bits per heavy atom. The molecule has 1 saturated carbocycles. The topological polar surface area (TPSA) is 88.1 Å². The molecule has 7 nitrogen and oxygen atoms in total.